The van der Waals surface area contributed by atoms with E-state index < -0.39 is 0 Å². The standard InChI is InChI=1S/C14H20BrN/c1-10-6-5-9-14(10)16-11(2)12-7-3-4-8-13(12)15/h3-4,7-8,10-11,14,16H,5-6,9H2,1-2H3. The van der Waals surface area contributed by atoms with E-state index in [1.807, 2.05) is 0 Å². The normalized spacial score (nSPS) is 26.9. The van der Waals surface area contributed by atoms with E-state index in [0.717, 1.165) is 5.92 Å². The fraction of sp³-hybridized carbons (Fsp3) is 0.571. The topological polar surface area (TPSA) is 12.0 Å². The van der Waals surface area contributed by atoms with Crippen molar-refractivity contribution in [3.8, 4) is 0 Å². The lowest BCUT2D eigenvalue weighted by molar-refractivity contribution is 0.388. The molecule has 1 N–H and O–H groups in total. The van der Waals surface area contributed by atoms with Gasteiger partial charge in [-0.25, -0.2) is 0 Å². The SMILES string of the molecule is CC(NC1CCCC1C)c1ccccc1Br. The summed E-state index contributed by atoms with van der Waals surface area (Å²) >= 11 is 3.62. The largest absolute Gasteiger partial charge is 0.307 e. The van der Waals surface area contributed by atoms with Crippen LogP contribution < -0.4 is 5.32 Å². The highest BCUT2D eigenvalue weighted by molar-refractivity contribution is 9.10. The predicted molar refractivity (Wildman–Crippen MR) is 72.5 cm³/mol. The molecule has 16 heavy (non-hydrogen) atoms. The Morgan fingerprint density at radius 3 is 2.69 bits per heavy atom. The van der Waals surface area contributed by atoms with Crippen LogP contribution in [0.4, 0.5) is 0 Å². The van der Waals surface area contributed by atoms with Crippen molar-refractivity contribution in [2.45, 2.75) is 45.2 Å². The van der Waals surface area contributed by atoms with Gasteiger partial charge in [0.2, 0.25) is 0 Å². The summed E-state index contributed by atoms with van der Waals surface area (Å²) < 4.78 is 1.21. The molecule has 2 heteroatoms. The van der Waals surface area contributed by atoms with Crippen molar-refractivity contribution in [2.24, 2.45) is 5.92 Å². The number of rotatable bonds is 3. The van der Waals surface area contributed by atoms with Gasteiger partial charge in [0.25, 0.3) is 0 Å². The van der Waals surface area contributed by atoms with Crippen LogP contribution in [0.25, 0.3) is 0 Å². The Morgan fingerprint density at radius 1 is 1.31 bits per heavy atom. The molecule has 0 bridgehead atoms. The Labute approximate surface area is 107 Å². The van der Waals surface area contributed by atoms with Gasteiger partial charge in [0.05, 0.1) is 0 Å². The first kappa shape index (κ1) is 12.1. The molecule has 3 atom stereocenters. The summed E-state index contributed by atoms with van der Waals surface area (Å²) in [7, 11) is 0. The second-order valence-electron chi connectivity index (χ2n) is 4.92. The maximum atomic E-state index is 3.76. The maximum absolute atomic E-state index is 3.76. The Kier molecular flexibility index (Phi) is 4.04. The molecule has 0 saturated heterocycles. The minimum Gasteiger partial charge on any atom is -0.307 e. The minimum absolute atomic E-state index is 0.432. The molecule has 1 aliphatic carbocycles. The molecule has 0 amide bonds. The molecule has 0 spiro atoms. The molecule has 1 aliphatic rings. The molecular weight excluding hydrogens is 262 g/mol. The van der Waals surface area contributed by atoms with Gasteiger partial charge in [0.1, 0.15) is 0 Å². The molecule has 3 unspecified atom stereocenters. The molecule has 0 aromatic heterocycles. The first-order chi connectivity index (χ1) is 7.68. The van der Waals surface area contributed by atoms with Crippen LogP contribution in [0.3, 0.4) is 0 Å². The van der Waals surface area contributed by atoms with Crippen LogP contribution in [0.15, 0.2) is 28.7 Å². The summed E-state index contributed by atoms with van der Waals surface area (Å²) in [5, 5.41) is 3.76. The van der Waals surface area contributed by atoms with Crippen LogP contribution in [-0.4, -0.2) is 6.04 Å². The monoisotopic (exact) mass is 281 g/mol. The van der Waals surface area contributed by atoms with Crippen molar-refractivity contribution in [1.29, 1.82) is 0 Å². The second kappa shape index (κ2) is 5.33. The highest BCUT2D eigenvalue weighted by atomic mass is 79.9. The molecule has 0 heterocycles. The third kappa shape index (κ3) is 2.67. The third-order valence-electron chi connectivity index (χ3n) is 3.70. The lowest BCUT2D eigenvalue weighted by atomic mass is 10.0. The molecule has 0 radical (unpaired) electrons. The van der Waals surface area contributed by atoms with Gasteiger partial charge in [-0.05, 0) is 37.3 Å². The van der Waals surface area contributed by atoms with Gasteiger partial charge in [-0.15, -0.1) is 0 Å². The summed E-state index contributed by atoms with van der Waals surface area (Å²) in [6.07, 6.45) is 4.08. The molecule has 2 rings (SSSR count). The van der Waals surface area contributed by atoms with E-state index in [1.165, 1.54) is 29.3 Å². The first-order valence-corrected chi connectivity index (χ1v) is 6.98. The number of nitrogens with one attached hydrogen (secondary N) is 1. The van der Waals surface area contributed by atoms with Gasteiger partial charge in [-0.1, -0.05) is 47.5 Å². The van der Waals surface area contributed by atoms with Crippen molar-refractivity contribution in [3.05, 3.63) is 34.3 Å². The molecule has 1 nitrogen and oxygen atoms in total. The summed E-state index contributed by atoms with van der Waals surface area (Å²) in [4.78, 5) is 0. The van der Waals surface area contributed by atoms with Crippen molar-refractivity contribution in [3.63, 3.8) is 0 Å². The molecule has 1 aromatic carbocycles. The van der Waals surface area contributed by atoms with Gasteiger partial charge in [-0.2, -0.15) is 0 Å². The molecule has 0 aliphatic heterocycles. The van der Waals surface area contributed by atoms with Gasteiger partial charge >= 0.3 is 0 Å². The van der Waals surface area contributed by atoms with Crippen LogP contribution in [-0.2, 0) is 0 Å². The van der Waals surface area contributed by atoms with Gasteiger partial charge in [0.15, 0.2) is 0 Å². The quantitative estimate of drug-likeness (QED) is 0.872. The van der Waals surface area contributed by atoms with Crippen LogP contribution in [0, 0.1) is 5.92 Å². The Morgan fingerprint density at radius 2 is 2.06 bits per heavy atom. The molecule has 1 saturated carbocycles. The zero-order valence-electron chi connectivity index (χ0n) is 10.0. The van der Waals surface area contributed by atoms with E-state index in [4.69, 9.17) is 0 Å². The molecule has 88 valence electrons. The van der Waals surface area contributed by atoms with Crippen molar-refractivity contribution >= 4 is 15.9 Å². The number of hydrogen-bond donors (Lipinski definition) is 1. The number of halogens is 1. The van der Waals surface area contributed by atoms with E-state index in [2.05, 4.69) is 59.4 Å². The average molecular weight is 282 g/mol. The fourth-order valence-corrected chi connectivity index (χ4v) is 3.26. The molecular formula is C14H20BrN. The average Bonchev–Trinajstić information content (AvgIpc) is 2.65. The van der Waals surface area contributed by atoms with Gasteiger partial charge in [-0.3, -0.25) is 0 Å². The lowest BCUT2D eigenvalue weighted by Gasteiger charge is -2.23. The summed E-state index contributed by atoms with van der Waals surface area (Å²) in [5.74, 6) is 0.824. The zero-order valence-corrected chi connectivity index (χ0v) is 11.6. The smallest absolute Gasteiger partial charge is 0.0305 e. The minimum atomic E-state index is 0.432. The first-order valence-electron chi connectivity index (χ1n) is 6.19. The van der Waals surface area contributed by atoms with Gasteiger partial charge in [0, 0.05) is 16.6 Å². The highest BCUT2D eigenvalue weighted by Gasteiger charge is 2.24. The van der Waals surface area contributed by atoms with E-state index in [9.17, 15) is 0 Å². The number of benzene rings is 1. The van der Waals surface area contributed by atoms with Crippen molar-refractivity contribution in [1.82, 2.24) is 5.32 Å². The van der Waals surface area contributed by atoms with Crippen molar-refractivity contribution in [2.75, 3.05) is 0 Å². The summed E-state index contributed by atoms with van der Waals surface area (Å²) in [6.45, 7) is 4.61. The highest BCUT2D eigenvalue weighted by Crippen LogP contribution is 2.29. The number of hydrogen-bond acceptors (Lipinski definition) is 1. The van der Waals surface area contributed by atoms with E-state index >= 15 is 0 Å². The summed E-state index contributed by atoms with van der Waals surface area (Å²) in [5.41, 5.74) is 1.36. The lowest BCUT2D eigenvalue weighted by Crippen LogP contribution is -2.33. The third-order valence-corrected chi connectivity index (χ3v) is 4.42. The Bertz CT molecular complexity index is 350. The Hall–Kier alpha value is -0.340. The van der Waals surface area contributed by atoms with E-state index in [0.29, 0.717) is 12.1 Å². The summed E-state index contributed by atoms with van der Waals surface area (Å²) in [6, 6.07) is 9.62. The predicted octanol–water partition coefficient (Wildman–Crippen LogP) is 4.29. The zero-order chi connectivity index (χ0) is 11.5. The molecule has 1 aromatic rings. The molecule has 1 fully saturated rings. The van der Waals surface area contributed by atoms with Gasteiger partial charge < -0.3 is 5.32 Å². The van der Waals surface area contributed by atoms with Crippen LogP contribution in [0.5, 0.6) is 0 Å². The fourth-order valence-electron chi connectivity index (χ4n) is 2.63. The van der Waals surface area contributed by atoms with Crippen LogP contribution in [0.1, 0.15) is 44.7 Å². The Balaban J connectivity index is 2.03. The van der Waals surface area contributed by atoms with Crippen molar-refractivity contribution < 1.29 is 0 Å². The maximum Gasteiger partial charge on any atom is 0.0305 e. The van der Waals surface area contributed by atoms with Crippen LogP contribution >= 0.6 is 15.9 Å². The van der Waals surface area contributed by atoms with E-state index in [-0.39, 0.29) is 0 Å². The van der Waals surface area contributed by atoms with Crippen LogP contribution in [0.2, 0.25) is 0 Å². The van der Waals surface area contributed by atoms with E-state index in [1.54, 1.807) is 0 Å². The second-order valence-corrected chi connectivity index (χ2v) is 5.78.